The molecular formula is C14H17N3. The standard InChI is InChI=1S/C14H17N3/c1-9-7-10(8-9)17-13-5-4-12-11(14(13)15)3-2-6-16-12/h2-6,9-10,17H,7-8,15H2,1H3. The van der Waals surface area contributed by atoms with Crippen LogP contribution in [0, 0.1) is 5.92 Å². The summed E-state index contributed by atoms with van der Waals surface area (Å²) in [6, 6.07) is 8.59. The maximum absolute atomic E-state index is 6.18. The van der Waals surface area contributed by atoms with Crippen LogP contribution in [0.3, 0.4) is 0 Å². The number of nitrogen functional groups attached to an aromatic ring is 1. The molecule has 1 heterocycles. The molecule has 88 valence electrons. The molecule has 0 radical (unpaired) electrons. The van der Waals surface area contributed by atoms with Crippen molar-refractivity contribution < 1.29 is 0 Å². The van der Waals surface area contributed by atoms with E-state index in [0.717, 1.165) is 28.2 Å². The Bertz CT molecular complexity index is 544. The Labute approximate surface area is 101 Å². The van der Waals surface area contributed by atoms with Crippen LogP contribution in [0.5, 0.6) is 0 Å². The van der Waals surface area contributed by atoms with Crippen LogP contribution < -0.4 is 11.1 Å². The number of pyridine rings is 1. The summed E-state index contributed by atoms with van der Waals surface area (Å²) in [4.78, 5) is 4.30. The lowest BCUT2D eigenvalue weighted by atomic mass is 9.82. The van der Waals surface area contributed by atoms with Crippen molar-refractivity contribution in [3.05, 3.63) is 30.5 Å². The SMILES string of the molecule is CC1CC(Nc2ccc3ncccc3c2N)C1. The third-order valence-corrected chi connectivity index (χ3v) is 3.56. The van der Waals surface area contributed by atoms with Crippen molar-refractivity contribution in [1.82, 2.24) is 4.98 Å². The van der Waals surface area contributed by atoms with Crippen LogP contribution in [0.1, 0.15) is 19.8 Å². The van der Waals surface area contributed by atoms with Gasteiger partial charge in [-0.25, -0.2) is 0 Å². The van der Waals surface area contributed by atoms with E-state index >= 15 is 0 Å². The first-order valence-corrected chi connectivity index (χ1v) is 6.14. The van der Waals surface area contributed by atoms with Crippen LogP contribution in [0.15, 0.2) is 30.5 Å². The predicted octanol–water partition coefficient (Wildman–Crippen LogP) is 3.03. The summed E-state index contributed by atoms with van der Waals surface area (Å²) in [5, 5.41) is 4.55. The Morgan fingerprint density at radius 3 is 2.88 bits per heavy atom. The summed E-state index contributed by atoms with van der Waals surface area (Å²) >= 11 is 0. The van der Waals surface area contributed by atoms with Crippen molar-refractivity contribution in [2.45, 2.75) is 25.8 Å². The summed E-state index contributed by atoms with van der Waals surface area (Å²) in [6.07, 6.45) is 4.28. The summed E-state index contributed by atoms with van der Waals surface area (Å²) in [5.74, 6) is 0.843. The fourth-order valence-corrected chi connectivity index (χ4v) is 2.54. The first kappa shape index (κ1) is 10.4. The largest absolute Gasteiger partial charge is 0.397 e. The van der Waals surface area contributed by atoms with Gasteiger partial charge in [-0.3, -0.25) is 4.98 Å². The zero-order valence-corrected chi connectivity index (χ0v) is 9.98. The topological polar surface area (TPSA) is 50.9 Å². The second kappa shape index (κ2) is 3.91. The lowest BCUT2D eigenvalue weighted by Gasteiger charge is -2.34. The van der Waals surface area contributed by atoms with Crippen LogP contribution >= 0.6 is 0 Å². The van der Waals surface area contributed by atoms with E-state index in [1.807, 2.05) is 24.3 Å². The number of nitrogens with two attached hydrogens (primary N) is 1. The molecule has 1 aliphatic rings. The van der Waals surface area contributed by atoms with E-state index < -0.39 is 0 Å². The number of nitrogens with one attached hydrogen (secondary N) is 1. The number of rotatable bonds is 2. The molecule has 0 aliphatic heterocycles. The first-order valence-electron chi connectivity index (χ1n) is 6.14. The molecule has 0 amide bonds. The van der Waals surface area contributed by atoms with Gasteiger partial charge in [0.05, 0.1) is 16.9 Å². The molecule has 3 N–H and O–H groups in total. The van der Waals surface area contributed by atoms with E-state index in [1.165, 1.54) is 12.8 Å². The second-order valence-electron chi connectivity index (χ2n) is 5.01. The van der Waals surface area contributed by atoms with Crippen LogP contribution in [-0.2, 0) is 0 Å². The van der Waals surface area contributed by atoms with Gasteiger partial charge in [0.25, 0.3) is 0 Å². The highest BCUT2D eigenvalue weighted by Gasteiger charge is 2.25. The van der Waals surface area contributed by atoms with Crippen LogP contribution in [0.25, 0.3) is 10.9 Å². The van der Waals surface area contributed by atoms with Crippen molar-refractivity contribution in [2.24, 2.45) is 5.92 Å². The molecule has 3 heteroatoms. The van der Waals surface area contributed by atoms with Crippen molar-refractivity contribution in [1.29, 1.82) is 0 Å². The van der Waals surface area contributed by atoms with Gasteiger partial charge < -0.3 is 11.1 Å². The van der Waals surface area contributed by atoms with E-state index in [0.29, 0.717) is 6.04 Å². The number of fused-ring (bicyclic) bond motifs is 1. The fraction of sp³-hybridized carbons (Fsp3) is 0.357. The van der Waals surface area contributed by atoms with Gasteiger partial charge in [0, 0.05) is 17.6 Å². The lowest BCUT2D eigenvalue weighted by Crippen LogP contribution is -2.33. The van der Waals surface area contributed by atoms with E-state index in [4.69, 9.17) is 5.73 Å². The lowest BCUT2D eigenvalue weighted by molar-refractivity contribution is 0.309. The molecule has 1 aliphatic carbocycles. The Balaban J connectivity index is 1.92. The highest BCUT2D eigenvalue weighted by atomic mass is 15.0. The van der Waals surface area contributed by atoms with Gasteiger partial charge in [0.15, 0.2) is 0 Å². The first-order chi connectivity index (χ1) is 8.24. The molecule has 3 rings (SSSR count). The van der Waals surface area contributed by atoms with Gasteiger partial charge in [0.2, 0.25) is 0 Å². The van der Waals surface area contributed by atoms with E-state index in [9.17, 15) is 0 Å². The molecule has 0 spiro atoms. The van der Waals surface area contributed by atoms with E-state index in [1.54, 1.807) is 6.20 Å². The minimum atomic E-state index is 0.585. The quantitative estimate of drug-likeness (QED) is 0.775. The molecule has 1 fully saturated rings. The fourth-order valence-electron chi connectivity index (χ4n) is 2.54. The van der Waals surface area contributed by atoms with Crippen LogP contribution in [0.4, 0.5) is 11.4 Å². The van der Waals surface area contributed by atoms with Gasteiger partial charge in [-0.05, 0) is 43.0 Å². The number of anilines is 2. The van der Waals surface area contributed by atoms with Gasteiger partial charge in [-0.2, -0.15) is 0 Å². The second-order valence-corrected chi connectivity index (χ2v) is 5.01. The number of benzene rings is 1. The molecule has 1 aromatic heterocycles. The Morgan fingerprint density at radius 1 is 1.29 bits per heavy atom. The molecule has 1 saturated carbocycles. The van der Waals surface area contributed by atoms with Crippen molar-refractivity contribution in [3.63, 3.8) is 0 Å². The molecular weight excluding hydrogens is 210 g/mol. The van der Waals surface area contributed by atoms with Gasteiger partial charge >= 0.3 is 0 Å². The molecule has 0 unspecified atom stereocenters. The van der Waals surface area contributed by atoms with Crippen molar-refractivity contribution in [3.8, 4) is 0 Å². The predicted molar refractivity (Wildman–Crippen MR) is 72.0 cm³/mol. The highest BCUT2D eigenvalue weighted by molar-refractivity contribution is 5.96. The molecule has 2 aromatic rings. The monoisotopic (exact) mass is 227 g/mol. The smallest absolute Gasteiger partial charge is 0.0724 e. The van der Waals surface area contributed by atoms with Gasteiger partial charge in [-0.15, -0.1) is 0 Å². The Morgan fingerprint density at radius 2 is 2.12 bits per heavy atom. The van der Waals surface area contributed by atoms with Crippen LogP contribution in [0.2, 0.25) is 0 Å². The third kappa shape index (κ3) is 1.82. The maximum Gasteiger partial charge on any atom is 0.0724 e. The minimum absolute atomic E-state index is 0.585. The number of hydrogen-bond acceptors (Lipinski definition) is 3. The normalized spacial score (nSPS) is 23.4. The molecule has 0 bridgehead atoms. The summed E-state index contributed by atoms with van der Waals surface area (Å²) in [5.41, 5.74) is 8.99. The maximum atomic E-state index is 6.18. The van der Waals surface area contributed by atoms with Crippen molar-refractivity contribution in [2.75, 3.05) is 11.1 Å². The minimum Gasteiger partial charge on any atom is -0.397 e. The average molecular weight is 227 g/mol. The highest BCUT2D eigenvalue weighted by Crippen LogP contribution is 2.33. The third-order valence-electron chi connectivity index (χ3n) is 3.56. The molecule has 17 heavy (non-hydrogen) atoms. The molecule has 1 aromatic carbocycles. The Hall–Kier alpha value is -1.77. The summed E-state index contributed by atoms with van der Waals surface area (Å²) in [7, 11) is 0. The molecule has 0 saturated heterocycles. The number of nitrogens with zero attached hydrogens (tertiary/aromatic N) is 1. The van der Waals surface area contributed by atoms with E-state index in [2.05, 4.69) is 17.2 Å². The average Bonchev–Trinajstić information content (AvgIpc) is 2.31. The zero-order valence-electron chi connectivity index (χ0n) is 9.98. The zero-order chi connectivity index (χ0) is 11.8. The Kier molecular flexibility index (Phi) is 2.39. The molecule has 3 nitrogen and oxygen atoms in total. The van der Waals surface area contributed by atoms with Crippen LogP contribution in [-0.4, -0.2) is 11.0 Å². The molecule has 0 atom stereocenters. The van der Waals surface area contributed by atoms with Gasteiger partial charge in [-0.1, -0.05) is 6.92 Å². The number of hydrogen-bond donors (Lipinski definition) is 2. The van der Waals surface area contributed by atoms with E-state index in [-0.39, 0.29) is 0 Å². The summed E-state index contributed by atoms with van der Waals surface area (Å²) in [6.45, 7) is 2.28. The van der Waals surface area contributed by atoms with Gasteiger partial charge in [0.1, 0.15) is 0 Å². The summed E-state index contributed by atoms with van der Waals surface area (Å²) < 4.78 is 0. The van der Waals surface area contributed by atoms with Crippen molar-refractivity contribution >= 4 is 22.3 Å². The number of aromatic nitrogens is 1.